The van der Waals surface area contributed by atoms with Gasteiger partial charge in [0.2, 0.25) is 5.88 Å². The molecule has 6 heteroatoms. The highest BCUT2D eigenvalue weighted by Gasteiger charge is 2.24. The fourth-order valence-electron chi connectivity index (χ4n) is 2.17. The number of aliphatic hydroxyl groups is 1. The number of aromatic nitrogens is 2. The lowest BCUT2D eigenvalue weighted by atomic mass is 9.88. The van der Waals surface area contributed by atoms with Crippen LogP contribution in [-0.4, -0.2) is 33.7 Å². The number of rotatable bonds is 4. The van der Waals surface area contributed by atoms with Crippen molar-refractivity contribution in [2.75, 3.05) is 6.61 Å². The predicted molar refractivity (Wildman–Crippen MR) is 64.0 cm³/mol. The maximum absolute atomic E-state index is 11.2. The summed E-state index contributed by atoms with van der Waals surface area (Å²) in [4.78, 5) is 19.0. The van der Waals surface area contributed by atoms with Gasteiger partial charge in [0.1, 0.15) is 6.10 Å². The lowest BCUT2D eigenvalue weighted by Crippen LogP contribution is -2.27. The van der Waals surface area contributed by atoms with Crippen molar-refractivity contribution < 1.29 is 14.6 Å². The molecule has 18 heavy (non-hydrogen) atoms. The summed E-state index contributed by atoms with van der Waals surface area (Å²) in [7, 11) is 0. The molecule has 0 bridgehead atoms. The number of nitrogens with two attached hydrogens (primary N) is 1. The van der Waals surface area contributed by atoms with Gasteiger partial charge in [0.25, 0.3) is 5.91 Å². The molecular weight excluding hydrogens is 234 g/mol. The van der Waals surface area contributed by atoms with Gasteiger partial charge in [-0.1, -0.05) is 0 Å². The van der Waals surface area contributed by atoms with E-state index in [2.05, 4.69) is 9.97 Å². The second-order valence-corrected chi connectivity index (χ2v) is 4.52. The van der Waals surface area contributed by atoms with Crippen LogP contribution in [0.1, 0.15) is 36.2 Å². The minimum atomic E-state index is -0.637. The van der Waals surface area contributed by atoms with Crippen LogP contribution >= 0.6 is 0 Å². The van der Waals surface area contributed by atoms with E-state index in [4.69, 9.17) is 15.6 Å². The van der Waals surface area contributed by atoms with E-state index in [-0.39, 0.29) is 24.3 Å². The standard InChI is InChI=1S/C12H17N3O3/c13-11(17)10-12(15-6-5-14-10)18-9-3-1-8(7-16)2-4-9/h5-6,8-9,16H,1-4,7H2,(H2,13,17). The summed E-state index contributed by atoms with van der Waals surface area (Å²) in [5.41, 5.74) is 5.28. The molecule has 1 heterocycles. The highest BCUT2D eigenvalue weighted by Crippen LogP contribution is 2.27. The molecule has 1 amide bonds. The van der Waals surface area contributed by atoms with Gasteiger partial charge in [0.05, 0.1) is 0 Å². The average Bonchev–Trinajstić information content (AvgIpc) is 2.40. The van der Waals surface area contributed by atoms with E-state index in [9.17, 15) is 4.79 Å². The van der Waals surface area contributed by atoms with Crippen molar-refractivity contribution in [3.63, 3.8) is 0 Å². The summed E-state index contributed by atoms with van der Waals surface area (Å²) in [6.45, 7) is 0.227. The average molecular weight is 251 g/mol. The zero-order valence-corrected chi connectivity index (χ0v) is 10.1. The molecule has 1 aromatic rings. The number of hydrogen-bond acceptors (Lipinski definition) is 5. The van der Waals surface area contributed by atoms with Crippen LogP contribution < -0.4 is 10.5 Å². The molecule has 0 spiro atoms. The Morgan fingerprint density at radius 3 is 2.61 bits per heavy atom. The lowest BCUT2D eigenvalue weighted by Gasteiger charge is -2.27. The van der Waals surface area contributed by atoms with Gasteiger partial charge in [-0.15, -0.1) is 0 Å². The molecular formula is C12H17N3O3. The molecule has 3 N–H and O–H groups in total. The number of carbonyl (C=O) groups is 1. The Kier molecular flexibility index (Phi) is 4.09. The van der Waals surface area contributed by atoms with Crippen molar-refractivity contribution in [2.24, 2.45) is 11.7 Å². The van der Waals surface area contributed by atoms with E-state index >= 15 is 0 Å². The summed E-state index contributed by atoms with van der Waals surface area (Å²) in [6.07, 6.45) is 6.44. The number of ether oxygens (including phenoxy) is 1. The summed E-state index contributed by atoms with van der Waals surface area (Å²) in [5.74, 6) is -0.0677. The molecule has 1 aliphatic carbocycles. The Balaban J connectivity index is 2.00. The van der Waals surface area contributed by atoms with Gasteiger partial charge in [-0.2, -0.15) is 0 Å². The molecule has 6 nitrogen and oxygen atoms in total. The Morgan fingerprint density at radius 1 is 1.33 bits per heavy atom. The van der Waals surface area contributed by atoms with Crippen molar-refractivity contribution >= 4 is 5.91 Å². The minimum absolute atomic E-state index is 0.0163. The normalized spacial score (nSPS) is 23.6. The summed E-state index contributed by atoms with van der Waals surface area (Å²) < 4.78 is 5.68. The number of nitrogens with zero attached hydrogens (tertiary/aromatic N) is 2. The van der Waals surface area contributed by atoms with Gasteiger partial charge in [-0.05, 0) is 31.6 Å². The van der Waals surface area contributed by atoms with E-state index in [0.29, 0.717) is 5.92 Å². The Labute approximate surface area is 105 Å². The van der Waals surface area contributed by atoms with Crippen molar-refractivity contribution in [3.8, 4) is 5.88 Å². The van der Waals surface area contributed by atoms with Crippen molar-refractivity contribution in [1.29, 1.82) is 0 Å². The number of hydrogen-bond donors (Lipinski definition) is 2. The highest BCUT2D eigenvalue weighted by molar-refractivity contribution is 5.92. The van der Waals surface area contributed by atoms with Gasteiger partial charge >= 0.3 is 0 Å². The van der Waals surface area contributed by atoms with Crippen LogP contribution in [0.3, 0.4) is 0 Å². The summed E-state index contributed by atoms with van der Waals surface area (Å²) in [5, 5.41) is 9.06. The summed E-state index contributed by atoms with van der Waals surface area (Å²) in [6, 6.07) is 0. The van der Waals surface area contributed by atoms with Gasteiger partial charge in [-0.25, -0.2) is 9.97 Å². The molecule has 2 rings (SSSR count). The molecule has 0 aromatic carbocycles. The van der Waals surface area contributed by atoms with Crippen LogP contribution in [0.15, 0.2) is 12.4 Å². The monoisotopic (exact) mass is 251 g/mol. The molecule has 0 radical (unpaired) electrons. The topological polar surface area (TPSA) is 98.3 Å². The molecule has 0 unspecified atom stereocenters. The molecule has 0 atom stereocenters. The smallest absolute Gasteiger partial charge is 0.272 e. The van der Waals surface area contributed by atoms with Crippen molar-refractivity contribution in [3.05, 3.63) is 18.1 Å². The van der Waals surface area contributed by atoms with E-state index in [0.717, 1.165) is 25.7 Å². The van der Waals surface area contributed by atoms with Crippen LogP contribution in [-0.2, 0) is 0 Å². The number of aliphatic hydroxyl groups excluding tert-OH is 1. The third-order valence-electron chi connectivity index (χ3n) is 3.23. The first-order valence-electron chi connectivity index (χ1n) is 6.09. The molecule has 98 valence electrons. The van der Waals surface area contributed by atoms with Crippen LogP contribution in [0.25, 0.3) is 0 Å². The van der Waals surface area contributed by atoms with Crippen LogP contribution in [0.4, 0.5) is 0 Å². The molecule has 1 aromatic heterocycles. The molecule has 1 saturated carbocycles. The first kappa shape index (κ1) is 12.8. The van der Waals surface area contributed by atoms with Crippen molar-refractivity contribution in [1.82, 2.24) is 9.97 Å². The molecule has 1 fully saturated rings. The van der Waals surface area contributed by atoms with E-state index in [1.165, 1.54) is 12.4 Å². The van der Waals surface area contributed by atoms with Gasteiger partial charge in [0, 0.05) is 19.0 Å². The Bertz CT molecular complexity index is 417. The summed E-state index contributed by atoms with van der Waals surface area (Å²) >= 11 is 0. The minimum Gasteiger partial charge on any atom is -0.473 e. The predicted octanol–water partition coefficient (Wildman–Crippen LogP) is 0.505. The second-order valence-electron chi connectivity index (χ2n) is 4.52. The number of primary amides is 1. The van der Waals surface area contributed by atoms with E-state index in [1.54, 1.807) is 0 Å². The molecule has 0 aliphatic heterocycles. The lowest BCUT2D eigenvalue weighted by molar-refractivity contribution is 0.0926. The number of carbonyl (C=O) groups excluding carboxylic acids is 1. The van der Waals surface area contributed by atoms with Crippen LogP contribution in [0.2, 0.25) is 0 Å². The van der Waals surface area contributed by atoms with Crippen molar-refractivity contribution in [2.45, 2.75) is 31.8 Å². The Hall–Kier alpha value is -1.69. The highest BCUT2D eigenvalue weighted by atomic mass is 16.5. The van der Waals surface area contributed by atoms with E-state index < -0.39 is 5.91 Å². The molecule has 0 saturated heterocycles. The zero-order valence-electron chi connectivity index (χ0n) is 10.1. The largest absolute Gasteiger partial charge is 0.473 e. The third kappa shape index (κ3) is 2.95. The van der Waals surface area contributed by atoms with Crippen LogP contribution in [0.5, 0.6) is 5.88 Å². The van der Waals surface area contributed by atoms with Gasteiger partial charge in [0.15, 0.2) is 5.69 Å². The first-order valence-corrected chi connectivity index (χ1v) is 6.09. The second kappa shape index (κ2) is 5.77. The maximum atomic E-state index is 11.2. The Morgan fingerprint density at radius 2 is 2.00 bits per heavy atom. The van der Waals surface area contributed by atoms with E-state index in [1.807, 2.05) is 0 Å². The van der Waals surface area contributed by atoms with Gasteiger partial charge < -0.3 is 15.6 Å². The third-order valence-corrected chi connectivity index (χ3v) is 3.23. The fraction of sp³-hybridized carbons (Fsp3) is 0.583. The maximum Gasteiger partial charge on any atom is 0.272 e. The molecule has 1 aliphatic rings. The first-order chi connectivity index (χ1) is 8.70. The fourth-order valence-corrected chi connectivity index (χ4v) is 2.17. The quantitative estimate of drug-likeness (QED) is 0.812. The zero-order chi connectivity index (χ0) is 13.0. The number of amides is 1. The van der Waals surface area contributed by atoms with Gasteiger partial charge in [-0.3, -0.25) is 4.79 Å². The van der Waals surface area contributed by atoms with Crippen LogP contribution in [0, 0.1) is 5.92 Å². The SMILES string of the molecule is NC(=O)c1nccnc1OC1CCC(CO)CC1.